The molecule has 0 aliphatic carbocycles. The summed E-state index contributed by atoms with van der Waals surface area (Å²) in [6.07, 6.45) is -16.8. The normalized spacial score (nSPS) is 34.6. The van der Waals surface area contributed by atoms with Crippen molar-refractivity contribution in [3.63, 3.8) is 0 Å². The second-order valence-corrected chi connectivity index (χ2v) is 29.3. The number of allylic oxidation sites excluding steroid dienone is 1. The molecule has 5 aliphatic rings. The van der Waals surface area contributed by atoms with E-state index in [1.54, 1.807) is 6.08 Å². The summed E-state index contributed by atoms with van der Waals surface area (Å²) in [7, 11) is 0. The molecule has 5 fully saturated rings. The first-order valence-electron chi connectivity index (χ1n) is 39.1. The van der Waals surface area contributed by atoms with Crippen molar-refractivity contribution in [1.29, 1.82) is 0 Å². The highest BCUT2D eigenvalue weighted by atomic mass is 16.8. The minimum Gasteiger partial charge on any atom is -0.477 e. The maximum Gasteiger partial charge on any atom is 0.364 e. The number of ether oxygens (including phenoxy) is 10. The summed E-state index contributed by atoms with van der Waals surface area (Å²) in [5.41, 5.74) is 0. The largest absolute Gasteiger partial charge is 0.477 e. The van der Waals surface area contributed by atoms with Crippen LogP contribution < -0.4 is 16.0 Å². The van der Waals surface area contributed by atoms with Gasteiger partial charge < -0.3 is 150 Å². The standard InChI is InChI=1S/C73H131N3O31/c1-5-7-9-11-13-15-17-19-20-22-24-26-28-30-32-34-52(87)76-44(45(84)33-31-29-27-25-23-21-18-16-14-12-10-8-6-2)41-98-69-61(94)59(92)63(50(39-80)101-69)103-71-62(95)67(107-73(72(96)97)35-46(85)53(74-42(3)82)66(106-73)55(88)47(86)36-77)64(51(40-81)102-71)104-68-54(75-43(4)83)65(57(90)49(38-79)99-68)105-70-60(93)58(91)56(89)48(37-78)100-70/h31,33,44-51,53-71,77-81,84-86,88-95H,5-30,32,34-41H2,1-4H3,(H,74,82)(H,75,83)(H,76,87)(H,96,97)/b33-31+/t44-,45+,46-,47-,48+,49+,50+,51+,53+,54+,55-,56-,57-,58-,59+,60+,61?,62+,63+,64-,65+,66?,67+,68-,69+,70-,71-,73-/m0/s1. The molecule has 3 amide bonds. The smallest absolute Gasteiger partial charge is 0.364 e. The van der Waals surface area contributed by atoms with E-state index in [1.165, 1.54) is 103 Å². The van der Waals surface area contributed by atoms with Gasteiger partial charge in [-0.25, -0.2) is 4.79 Å². The number of carboxylic acid groups (broad SMARTS) is 1. The van der Waals surface area contributed by atoms with Crippen LogP contribution in [0.25, 0.3) is 0 Å². The lowest BCUT2D eigenvalue weighted by Crippen LogP contribution is -2.72. The quantitative estimate of drug-likeness (QED) is 0.0255. The third-order valence-electron chi connectivity index (χ3n) is 20.6. The number of hydrogen-bond donors (Lipinski definition) is 20. The molecule has 28 atom stereocenters. The second kappa shape index (κ2) is 49.9. The molecule has 5 rings (SSSR count). The fourth-order valence-electron chi connectivity index (χ4n) is 14.3. The zero-order chi connectivity index (χ0) is 78.8. The Kier molecular flexibility index (Phi) is 44.0. The highest BCUT2D eigenvalue weighted by molar-refractivity contribution is 5.77. The molecule has 5 aliphatic heterocycles. The summed E-state index contributed by atoms with van der Waals surface area (Å²) in [6.45, 7) is 0.317. The Hall–Kier alpha value is -3.42. The number of carbonyl (C=O) groups excluding carboxylic acids is 3. The molecule has 0 radical (unpaired) electrons. The number of aliphatic hydroxyl groups excluding tert-OH is 16. The maximum atomic E-state index is 13.8. The van der Waals surface area contributed by atoms with Crippen molar-refractivity contribution in [2.24, 2.45) is 0 Å². The molecule has 34 heteroatoms. The van der Waals surface area contributed by atoms with Crippen molar-refractivity contribution in [3.8, 4) is 0 Å². The Bertz CT molecular complexity index is 2500. The Labute approximate surface area is 627 Å². The molecule has 0 bridgehead atoms. The minimum atomic E-state index is -3.38. The lowest BCUT2D eigenvalue weighted by molar-refractivity contribution is -0.403. The minimum absolute atomic E-state index is 0.135. The van der Waals surface area contributed by atoms with Crippen molar-refractivity contribution >= 4 is 23.7 Å². The van der Waals surface area contributed by atoms with E-state index in [2.05, 4.69) is 29.8 Å². The van der Waals surface area contributed by atoms with Crippen molar-refractivity contribution < 1.29 is 153 Å². The van der Waals surface area contributed by atoms with Gasteiger partial charge >= 0.3 is 5.97 Å². The average Bonchev–Trinajstić information content (AvgIpc) is 0.750. The number of hydrogen-bond acceptors (Lipinski definition) is 30. The van der Waals surface area contributed by atoms with Gasteiger partial charge in [0, 0.05) is 26.7 Å². The molecule has 0 spiro atoms. The van der Waals surface area contributed by atoms with Crippen molar-refractivity contribution in [2.75, 3.05) is 39.6 Å². The summed E-state index contributed by atoms with van der Waals surface area (Å²) in [5.74, 6) is -7.71. The molecule has 5 heterocycles. The van der Waals surface area contributed by atoms with E-state index in [9.17, 15) is 106 Å². The Balaban J connectivity index is 1.40. The molecule has 0 aromatic carbocycles. The second-order valence-electron chi connectivity index (χ2n) is 29.3. The van der Waals surface area contributed by atoms with Gasteiger partial charge in [-0.15, -0.1) is 0 Å². The number of aliphatic hydroxyl groups is 16. The van der Waals surface area contributed by atoms with Crippen LogP contribution in [0, 0.1) is 0 Å². The molecule has 624 valence electrons. The van der Waals surface area contributed by atoms with Crippen LogP contribution in [-0.2, 0) is 66.5 Å². The van der Waals surface area contributed by atoms with Gasteiger partial charge in [-0.05, 0) is 19.3 Å². The van der Waals surface area contributed by atoms with E-state index in [0.717, 1.165) is 71.6 Å². The first-order valence-corrected chi connectivity index (χ1v) is 39.1. The van der Waals surface area contributed by atoms with E-state index in [0.29, 0.717) is 12.8 Å². The van der Waals surface area contributed by atoms with Gasteiger partial charge in [-0.2, -0.15) is 0 Å². The SMILES string of the molecule is CCCCCCCCCCCCC/C=C/[C@@H](O)[C@H](CO[C@@H]1O[C@H](CO)[C@@H](O[C@@H]2O[C@H](CO)[C@H](O[C@@H]3O[C@H](CO)[C@H](O)[C@H](O[C@@H]4O[C@H](CO)[C@H](O)[C@H](O)[C@H]4O)[C@H]3NC(C)=O)[C@H](O[C@]3(C(=O)O)C[C@H](O)[C@@H](NC(C)=O)C([C@@H](O)[C@@H](O)CO)O3)[C@H]2O)[C@H](O)C1O)NC(=O)CCCCCCCCCCCCCCCCC. The Morgan fingerprint density at radius 3 is 1.44 bits per heavy atom. The first-order chi connectivity index (χ1) is 51.3. The van der Waals surface area contributed by atoms with E-state index < -0.39 is 235 Å². The Morgan fingerprint density at radius 2 is 0.925 bits per heavy atom. The number of nitrogens with one attached hydrogen (secondary N) is 3. The summed E-state index contributed by atoms with van der Waals surface area (Å²) in [4.78, 5) is 53.0. The van der Waals surface area contributed by atoms with Crippen LogP contribution >= 0.6 is 0 Å². The van der Waals surface area contributed by atoms with Gasteiger partial charge in [0.2, 0.25) is 17.7 Å². The van der Waals surface area contributed by atoms with Crippen molar-refractivity contribution in [1.82, 2.24) is 16.0 Å². The third-order valence-corrected chi connectivity index (χ3v) is 20.6. The number of aliphatic carboxylic acids is 1. The monoisotopic (exact) mass is 1550 g/mol. The molecule has 5 saturated heterocycles. The van der Waals surface area contributed by atoms with Crippen LogP contribution in [-0.4, -0.2) is 321 Å². The summed E-state index contributed by atoms with van der Waals surface area (Å²) in [6, 6.07) is -4.81. The van der Waals surface area contributed by atoms with Gasteiger partial charge in [0.05, 0.1) is 63.9 Å². The summed E-state index contributed by atoms with van der Waals surface area (Å²) >= 11 is 0. The van der Waals surface area contributed by atoms with Crippen LogP contribution in [0.3, 0.4) is 0 Å². The molecule has 0 saturated carbocycles. The van der Waals surface area contributed by atoms with E-state index in [1.807, 2.05) is 6.08 Å². The van der Waals surface area contributed by atoms with Gasteiger partial charge in [-0.3, -0.25) is 14.4 Å². The van der Waals surface area contributed by atoms with Crippen LogP contribution in [0.2, 0.25) is 0 Å². The van der Waals surface area contributed by atoms with Crippen LogP contribution in [0.15, 0.2) is 12.2 Å². The zero-order valence-corrected chi connectivity index (χ0v) is 62.8. The summed E-state index contributed by atoms with van der Waals surface area (Å²) in [5, 5.41) is 197. The molecule has 20 N–H and O–H groups in total. The number of carbonyl (C=O) groups is 4. The molecular weight excluding hydrogens is 1410 g/mol. The topological polar surface area (TPSA) is 541 Å². The number of amides is 3. The van der Waals surface area contributed by atoms with E-state index in [4.69, 9.17) is 47.4 Å². The molecule has 0 aromatic heterocycles. The van der Waals surface area contributed by atoms with Gasteiger partial charge in [0.15, 0.2) is 25.2 Å². The average molecular weight is 1550 g/mol. The summed E-state index contributed by atoms with van der Waals surface area (Å²) < 4.78 is 60.1. The number of unbranched alkanes of at least 4 members (excludes halogenated alkanes) is 25. The lowest BCUT2D eigenvalue weighted by Gasteiger charge is -2.52. The van der Waals surface area contributed by atoms with Crippen LogP contribution in [0.5, 0.6) is 0 Å². The van der Waals surface area contributed by atoms with Crippen LogP contribution in [0.4, 0.5) is 0 Å². The fourth-order valence-corrected chi connectivity index (χ4v) is 14.3. The molecule has 107 heavy (non-hydrogen) atoms. The predicted molar refractivity (Wildman–Crippen MR) is 378 cm³/mol. The third kappa shape index (κ3) is 29.2. The lowest BCUT2D eigenvalue weighted by atomic mass is 9.88. The molecule has 2 unspecified atom stereocenters. The van der Waals surface area contributed by atoms with Crippen molar-refractivity contribution in [2.45, 2.75) is 385 Å². The predicted octanol–water partition coefficient (Wildman–Crippen LogP) is -1.04. The molecule has 34 nitrogen and oxygen atoms in total. The zero-order valence-electron chi connectivity index (χ0n) is 62.8. The van der Waals surface area contributed by atoms with Gasteiger partial charge in [0.1, 0.15) is 116 Å². The maximum absolute atomic E-state index is 13.8. The highest BCUT2D eigenvalue weighted by Crippen LogP contribution is 2.41. The van der Waals surface area contributed by atoms with E-state index in [-0.39, 0.29) is 12.3 Å². The number of carboxylic acids is 1. The Morgan fingerprint density at radius 1 is 0.486 bits per heavy atom. The van der Waals surface area contributed by atoms with E-state index >= 15 is 0 Å². The molecule has 0 aromatic rings. The number of rotatable bonds is 52. The van der Waals surface area contributed by atoms with Gasteiger partial charge in [0.25, 0.3) is 5.79 Å². The highest BCUT2D eigenvalue weighted by Gasteiger charge is 2.62. The van der Waals surface area contributed by atoms with Gasteiger partial charge in [-0.1, -0.05) is 180 Å². The fraction of sp³-hybridized carbons (Fsp3) is 0.918. The van der Waals surface area contributed by atoms with Crippen molar-refractivity contribution in [3.05, 3.63) is 12.2 Å². The molecular formula is C73H131N3O31. The van der Waals surface area contributed by atoms with Crippen LogP contribution in [0.1, 0.15) is 214 Å². The first kappa shape index (κ1) is 94.2.